The van der Waals surface area contributed by atoms with E-state index in [2.05, 4.69) is 10.3 Å². The molecular weight excluding hydrogens is 272 g/mol. The SMILES string of the molecule is Cc1cc(C(=O)N(CCC(N)=NO)c2ccccc2)no1. The van der Waals surface area contributed by atoms with Crippen LogP contribution in [0.1, 0.15) is 22.7 Å². The molecule has 0 unspecified atom stereocenters. The van der Waals surface area contributed by atoms with Crippen molar-refractivity contribution < 1.29 is 14.5 Å². The molecule has 0 aliphatic rings. The molecule has 0 saturated carbocycles. The van der Waals surface area contributed by atoms with Gasteiger partial charge in [0.1, 0.15) is 11.6 Å². The number of para-hydroxylation sites is 1. The van der Waals surface area contributed by atoms with Gasteiger partial charge in [-0.05, 0) is 19.1 Å². The normalized spacial score (nSPS) is 11.4. The average molecular weight is 288 g/mol. The molecule has 2 aromatic rings. The molecule has 3 N–H and O–H groups in total. The van der Waals surface area contributed by atoms with E-state index in [0.29, 0.717) is 11.4 Å². The third-order valence-electron chi connectivity index (χ3n) is 2.88. The van der Waals surface area contributed by atoms with E-state index in [-0.39, 0.29) is 30.4 Å². The van der Waals surface area contributed by atoms with Crippen LogP contribution in [0.25, 0.3) is 0 Å². The van der Waals surface area contributed by atoms with Gasteiger partial charge in [-0.15, -0.1) is 0 Å². The first kappa shape index (κ1) is 14.6. The third kappa shape index (κ3) is 3.59. The van der Waals surface area contributed by atoms with Crippen molar-refractivity contribution in [3.63, 3.8) is 0 Å². The Morgan fingerprint density at radius 1 is 1.43 bits per heavy atom. The van der Waals surface area contributed by atoms with Gasteiger partial charge in [0.25, 0.3) is 5.91 Å². The highest BCUT2D eigenvalue weighted by molar-refractivity contribution is 6.05. The molecule has 7 nitrogen and oxygen atoms in total. The molecule has 0 aliphatic heterocycles. The van der Waals surface area contributed by atoms with Crippen molar-refractivity contribution >= 4 is 17.4 Å². The van der Waals surface area contributed by atoms with Gasteiger partial charge < -0.3 is 20.4 Å². The number of carbonyl (C=O) groups is 1. The molecule has 0 atom stereocenters. The van der Waals surface area contributed by atoms with Crippen molar-refractivity contribution in [3.8, 4) is 0 Å². The van der Waals surface area contributed by atoms with Gasteiger partial charge in [0.05, 0.1) is 0 Å². The summed E-state index contributed by atoms with van der Waals surface area (Å²) in [6, 6.07) is 10.7. The van der Waals surface area contributed by atoms with E-state index in [9.17, 15) is 4.79 Å². The van der Waals surface area contributed by atoms with Gasteiger partial charge in [0, 0.05) is 24.7 Å². The zero-order valence-corrected chi connectivity index (χ0v) is 11.6. The minimum atomic E-state index is -0.302. The van der Waals surface area contributed by atoms with Gasteiger partial charge in [0.2, 0.25) is 0 Å². The monoisotopic (exact) mass is 288 g/mol. The van der Waals surface area contributed by atoms with Gasteiger partial charge in [-0.3, -0.25) is 4.79 Å². The summed E-state index contributed by atoms with van der Waals surface area (Å²) in [7, 11) is 0. The topological polar surface area (TPSA) is 105 Å². The Morgan fingerprint density at radius 2 is 2.14 bits per heavy atom. The van der Waals surface area contributed by atoms with E-state index >= 15 is 0 Å². The average Bonchev–Trinajstić information content (AvgIpc) is 2.94. The van der Waals surface area contributed by atoms with Gasteiger partial charge in [0.15, 0.2) is 5.69 Å². The predicted molar refractivity (Wildman–Crippen MR) is 77.4 cm³/mol. The van der Waals surface area contributed by atoms with E-state index < -0.39 is 0 Å². The Bertz CT molecular complexity index is 637. The number of carbonyl (C=O) groups excluding carboxylic acids is 1. The van der Waals surface area contributed by atoms with Crippen molar-refractivity contribution in [2.75, 3.05) is 11.4 Å². The standard InChI is InChI=1S/C14H16N4O3/c1-10-9-12(17-21-10)14(19)18(8-7-13(15)16-20)11-5-3-2-4-6-11/h2-6,9,20H,7-8H2,1H3,(H2,15,16). The Morgan fingerprint density at radius 3 is 2.71 bits per heavy atom. The summed E-state index contributed by atoms with van der Waals surface area (Å²) in [5.41, 5.74) is 6.39. The van der Waals surface area contributed by atoms with Crippen molar-refractivity contribution in [2.45, 2.75) is 13.3 Å². The second kappa shape index (κ2) is 6.56. The number of amidine groups is 1. The quantitative estimate of drug-likeness (QED) is 0.377. The lowest BCUT2D eigenvalue weighted by molar-refractivity contribution is 0.0979. The van der Waals surface area contributed by atoms with E-state index in [1.807, 2.05) is 18.2 Å². The molecule has 21 heavy (non-hydrogen) atoms. The first-order valence-corrected chi connectivity index (χ1v) is 6.38. The Labute approximate surface area is 121 Å². The lowest BCUT2D eigenvalue weighted by atomic mass is 10.2. The number of amides is 1. The van der Waals surface area contributed by atoms with Crippen LogP contribution < -0.4 is 10.6 Å². The zero-order chi connectivity index (χ0) is 15.2. The molecule has 0 radical (unpaired) electrons. The van der Waals surface area contributed by atoms with Crippen molar-refractivity contribution in [1.29, 1.82) is 0 Å². The van der Waals surface area contributed by atoms with Crippen LogP contribution in [0.5, 0.6) is 0 Å². The molecule has 1 aromatic heterocycles. The molecule has 0 saturated heterocycles. The first-order valence-electron chi connectivity index (χ1n) is 6.38. The second-order valence-corrected chi connectivity index (χ2v) is 4.46. The third-order valence-corrected chi connectivity index (χ3v) is 2.88. The number of anilines is 1. The summed E-state index contributed by atoms with van der Waals surface area (Å²) >= 11 is 0. The van der Waals surface area contributed by atoms with E-state index in [1.165, 1.54) is 4.90 Å². The predicted octanol–water partition coefficient (Wildman–Crippen LogP) is 1.77. The van der Waals surface area contributed by atoms with Crippen LogP contribution in [0.4, 0.5) is 5.69 Å². The van der Waals surface area contributed by atoms with Crippen molar-refractivity contribution in [3.05, 3.63) is 47.9 Å². The molecule has 0 spiro atoms. The van der Waals surface area contributed by atoms with Crippen LogP contribution >= 0.6 is 0 Å². The van der Waals surface area contributed by atoms with Crippen LogP contribution in [0, 0.1) is 6.92 Å². The number of aryl methyl sites for hydroxylation is 1. The summed E-state index contributed by atoms with van der Waals surface area (Å²) in [6.45, 7) is 1.98. The minimum Gasteiger partial charge on any atom is -0.409 e. The van der Waals surface area contributed by atoms with Crippen LogP contribution in [-0.2, 0) is 0 Å². The summed E-state index contributed by atoms with van der Waals surface area (Å²) in [4.78, 5) is 14.0. The molecule has 0 bridgehead atoms. The van der Waals surface area contributed by atoms with Crippen LogP contribution in [0.3, 0.4) is 0 Å². The van der Waals surface area contributed by atoms with Gasteiger partial charge in [-0.2, -0.15) is 0 Å². The maximum Gasteiger partial charge on any atom is 0.280 e. The number of oxime groups is 1. The van der Waals surface area contributed by atoms with Crippen molar-refractivity contribution in [2.24, 2.45) is 10.9 Å². The highest BCUT2D eigenvalue weighted by Gasteiger charge is 2.21. The number of nitrogens with zero attached hydrogens (tertiary/aromatic N) is 3. The smallest absolute Gasteiger partial charge is 0.280 e. The highest BCUT2D eigenvalue weighted by atomic mass is 16.5. The Kier molecular flexibility index (Phi) is 4.55. The van der Waals surface area contributed by atoms with Gasteiger partial charge in [-0.25, -0.2) is 0 Å². The lowest BCUT2D eigenvalue weighted by Crippen LogP contribution is -2.34. The summed E-state index contributed by atoms with van der Waals surface area (Å²) < 4.78 is 4.93. The van der Waals surface area contributed by atoms with E-state index in [1.54, 1.807) is 25.1 Å². The maximum atomic E-state index is 12.5. The maximum absolute atomic E-state index is 12.5. The minimum absolute atomic E-state index is 0.0556. The summed E-state index contributed by atoms with van der Waals surface area (Å²) in [5, 5.41) is 15.3. The number of aromatic nitrogens is 1. The second-order valence-electron chi connectivity index (χ2n) is 4.46. The number of benzene rings is 1. The number of hydrogen-bond acceptors (Lipinski definition) is 5. The Hall–Kier alpha value is -2.83. The fourth-order valence-electron chi connectivity index (χ4n) is 1.84. The first-order chi connectivity index (χ1) is 10.1. The molecule has 0 aliphatic carbocycles. The molecule has 0 fully saturated rings. The molecule has 1 amide bonds. The molecule has 110 valence electrons. The van der Waals surface area contributed by atoms with Crippen LogP contribution in [0.15, 0.2) is 46.1 Å². The zero-order valence-electron chi connectivity index (χ0n) is 11.6. The molecule has 7 heteroatoms. The van der Waals surface area contributed by atoms with E-state index in [4.69, 9.17) is 15.5 Å². The number of nitrogens with two attached hydrogens (primary N) is 1. The van der Waals surface area contributed by atoms with Crippen LogP contribution in [0.2, 0.25) is 0 Å². The Balaban J connectivity index is 2.25. The van der Waals surface area contributed by atoms with Gasteiger partial charge in [-0.1, -0.05) is 28.5 Å². The molecule has 1 aromatic carbocycles. The largest absolute Gasteiger partial charge is 0.409 e. The molecule has 2 rings (SSSR count). The fraction of sp³-hybridized carbons (Fsp3) is 0.214. The fourth-order valence-corrected chi connectivity index (χ4v) is 1.84. The molecular formula is C14H16N4O3. The van der Waals surface area contributed by atoms with Gasteiger partial charge >= 0.3 is 0 Å². The summed E-state index contributed by atoms with van der Waals surface area (Å²) in [6.07, 6.45) is 0.244. The number of rotatable bonds is 5. The number of hydrogen-bond donors (Lipinski definition) is 2. The highest BCUT2D eigenvalue weighted by Crippen LogP contribution is 2.17. The lowest BCUT2D eigenvalue weighted by Gasteiger charge is -2.21. The molecule has 1 heterocycles. The summed E-state index contributed by atoms with van der Waals surface area (Å²) in [5.74, 6) is 0.312. The van der Waals surface area contributed by atoms with Crippen LogP contribution in [-0.4, -0.2) is 28.7 Å². The van der Waals surface area contributed by atoms with Crippen molar-refractivity contribution in [1.82, 2.24) is 5.16 Å². The van der Waals surface area contributed by atoms with E-state index in [0.717, 1.165) is 0 Å².